The first-order chi connectivity index (χ1) is 11.2. The highest BCUT2D eigenvalue weighted by Gasteiger charge is 2.10. The first-order valence-electron chi connectivity index (χ1n) is 8.07. The number of hydrogen-bond acceptors (Lipinski definition) is 3. The van der Waals surface area contributed by atoms with Crippen molar-refractivity contribution in [1.29, 1.82) is 0 Å². The van der Waals surface area contributed by atoms with Crippen molar-refractivity contribution in [2.24, 2.45) is 0 Å². The van der Waals surface area contributed by atoms with Gasteiger partial charge in [-0.05, 0) is 61.2 Å². The van der Waals surface area contributed by atoms with E-state index in [-0.39, 0.29) is 18.3 Å². The highest BCUT2D eigenvalue weighted by atomic mass is 35.5. The molecule has 24 heavy (non-hydrogen) atoms. The summed E-state index contributed by atoms with van der Waals surface area (Å²) in [6, 6.07) is 13.9. The zero-order chi connectivity index (χ0) is 16.1. The average Bonchev–Trinajstić information content (AvgIpc) is 2.55. The van der Waals surface area contributed by atoms with Crippen LogP contribution in [0.1, 0.15) is 24.0 Å². The van der Waals surface area contributed by atoms with E-state index in [0.29, 0.717) is 13.0 Å². The van der Waals surface area contributed by atoms with Crippen LogP contribution >= 0.6 is 12.4 Å². The number of halogens is 1. The van der Waals surface area contributed by atoms with Crippen molar-refractivity contribution in [3.8, 4) is 5.75 Å². The number of carbonyl (C=O) groups excluding carboxylic acids is 1. The molecule has 2 aromatic rings. The summed E-state index contributed by atoms with van der Waals surface area (Å²) in [5.74, 6) is 0.777. The molecule has 0 saturated carbocycles. The minimum atomic E-state index is -0.0265. The summed E-state index contributed by atoms with van der Waals surface area (Å²) < 4.78 is 5.61. The van der Waals surface area contributed by atoms with Gasteiger partial charge >= 0.3 is 0 Å². The Morgan fingerprint density at radius 2 is 2.12 bits per heavy atom. The summed E-state index contributed by atoms with van der Waals surface area (Å²) in [4.78, 5) is 12.0. The minimum Gasteiger partial charge on any atom is -0.493 e. The minimum absolute atomic E-state index is 0. The third kappa shape index (κ3) is 4.90. The maximum atomic E-state index is 12.0. The van der Waals surface area contributed by atoms with Gasteiger partial charge in [0.05, 0.1) is 13.0 Å². The van der Waals surface area contributed by atoms with E-state index in [1.807, 2.05) is 43.3 Å². The fraction of sp³-hybridized carbons (Fsp3) is 0.316. The lowest BCUT2D eigenvalue weighted by molar-refractivity contribution is -0.116. The maximum absolute atomic E-state index is 12.0. The van der Waals surface area contributed by atoms with Crippen LogP contribution in [0.25, 0.3) is 0 Å². The molecule has 2 aromatic carbocycles. The Bertz CT molecular complexity index is 704. The summed E-state index contributed by atoms with van der Waals surface area (Å²) in [7, 11) is 0. The number of hydrogen-bond donors (Lipinski definition) is 2. The van der Waals surface area contributed by atoms with Crippen molar-refractivity contribution in [1.82, 2.24) is 0 Å². The number of carbonyl (C=O) groups is 1. The molecule has 128 valence electrons. The second kappa shape index (κ2) is 8.60. The molecule has 0 aromatic heterocycles. The number of rotatable bonds is 5. The molecule has 0 bridgehead atoms. The number of fused-ring (bicyclic) bond motifs is 1. The molecule has 0 saturated heterocycles. The van der Waals surface area contributed by atoms with Crippen LogP contribution < -0.4 is 15.4 Å². The Balaban J connectivity index is 0.00000208. The molecular weight excluding hydrogens is 324 g/mol. The molecule has 1 amide bonds. The molecule has 0 spiro atoms. The second-order valence-electron chi connectivity index (χ2n) is 5.87. The summed E-state index contributed by atoms with van der Waals surface area (Å²) in [5.41, 5.74) is 4.45. The first-order valence-corrected chi connectivity index (χ1v) is 8.07. The van der Waals surface area contributed by atoms with Gasteiger partial charge in [0.2, 0.25) is 5.91 Å². The number of aryl methyl sites for hydroxylation is 2. The maximum Gasteiger partial charge on any atom is 0.227 e. The van der Waals surface area contributed by atoms with Crippen LogP contribution in [0.15, 0.2) is 42.5 Å². The van der Waals surface area contributed by atoms with Gasteiger partial charge in [0, 0.05) is 17.9 Å². The van der Waals surface area contributed by atoms with Gasteiger partial charge in [0.25, 0.3) is 0 Å². The molecular formula is C19H23ClN2O2. The predicted molar refractivity (Wildman–Crippen MR) is 100 cm³/mol. The molecule has 5 heteroatoms. The van der Waals surface area contributed by atoms with E-state index in [2.05, 4.69) is 16.7 Å². The van der Waals surface area contributed by atoms with E-state index in [1.54, 1.807) is 0 Å². The zero-order valence-electron chi connectivity index (χ0n) is 13.8. The first kappa shape index (κ1) is 18.1. The van der Waals surface area contributed by atoms with E-state index in [9.17, 15) is 4.79 Å². The van der Waals surface area contributed by atoms with Crippen molar-refractivity contribution in [3.05, 3.63) is 53.6 Å². The van der Waals surface area contributed by atoms with Gasteiger partial charge in [0.1, 0.15) is 5.75 Å². The summed E-state index contributed by atoms with van der Waals surface area (Å²) in [6.07, 6.45) is 2.53. The molecule has 4 nitrogen and oxygen atoms in total. The lowest BCUT2D eigenvalue weighted by atomic mass is 10.0. The lowest BCUT2D eigenvalue weighted by Gasteiger charge is -2.18. The monoisotopic (exact) mass is 346 g/mol. The second-order valence-corrected chi connectivity index (χ2v) is 5.87. The molecule has 1 aliphatic rings. The van der Waals surface area contributed by atoms with Crippen LogP contribution in [0.5, 0.6) is 5.75 Å². The highest BCUT2D eigenvalue weighted by Crippen LogP contribution is 2.25. The van der Waals surface area contributed by atoms with Crippen molar-refractivity contribution >= 4 is 29.7 Å². The Morgan fingerprint density at radius 1 is 1.25 bits per heavy atom. The zero-order valence-corrected chi connectivity index (χ0v) is 14.6. The quantitative estimate of drug-likeness (QED) is 0.853. The molecule has 1 heterocycles. The summed E-state index contributed by atoms with van der Waals surface area (Å²) in [5, 5.41) is 6.31. The van der Waals surface area contributed by atoms with E-state index in [1.165, 1.54) is 11.3 Å². The molecule has 0 aliphatic carbocycles. The summed E-state index contributed by atoms with van der Waals surface area (Å²) >= 11 is 0. The number of benzene rings is 2. The molecule has 3 rings (SSSR count). The van der Waals surface area contributed by atoms with Crippen molar-refractivity contribution < 1.29 is 9.53 Å². The van der Waals surface area contributed by atoms with Gasteiger partial charge in [-0.3, -0.25) is 4.79 Å². The number of ether oxygens (including phenoxy) is 1. The third-order valence-corrected chi connectivity index (χ3v) is 3.91. The van der Waals surface area contributed by atoms with Crippen LogP contribution in [-0.4, -0.2) is 19.1 Å². The van der Waals surface area contributed by atoms with Gasteiger partial charge in [-0.1, -0.05) is 12.1 Å². The van der Waals surface area contributed by atoms with Gasteiger partial charge in [-0.2, -0.15) is 0 Å². The van der Waals surface area contributed by atoms with Crippen LogP contribution in [-0.2, 0) is 11.2 Å². The molecule has 2 N–H and O–H groups in total. The predicted octanol–water partition coefficient (Wildman–Crippen LogP) is 4.18. The number of anilines is 2. The van der Waals surface area contributed by atoms with Crippen molar-refractivity contribution in [2.75, 3.05) is 23.8 Å². The fourth-order valence-electron chi connectivity index (χ4n) is 2.74. The number of nitrogens with one attached hydrogen (secondary N) is 2. The van der Waals surface area contributed by atoms with Crippen LogP contribution in [0, 0.1) is 6.92 Å². The SMILES string of the molecule is Cc1cccc(OCCC(=O)Nc2ccc3c(c2)CCCN3)c1.Cl. The Morgan fingerprint density at radius 3 is 2.96 bits per heavy atom. The normalized spacial score (nSPS) is 12.4. The summed E-state index contributed by atoms with van der Waals surface area (Å²) in [6.45, 7) is 3.42. The van der Waals surface area contributed by atoms with Gasteiger partial charge in [-0.15, -0.1) is 12.4 Å². The topological polar surface area (TPSA) is 50.4 Å². The Kier molecular flexibility index (Phi) is 6.50. The number of amides is 1. The third-order valence-electron chi connectivity index (χ3n) is 3.91. The van der Waals surface area contributed by atoms with Crippen LogP contribution in [0.3, 0.4) is 0 Å². The van der Waals surface area contributed by atoms with E-state index < -0.39 is 0 Å². The Labute approximate surface area is 149 Å². The lowest BCUT2D eigenvalue weighted by Crippen LogP contribution is -2.16. The van der Waals surface area contributed by atoms with E-state index in [0.717, 1.165) is 36.4 Å². The van der Waals surface area contributed by atoms with Crippen LogP contribution in [0.4, 0.5) is 11.4 Å². The van der Waals surface area contributed by atoms with Gasteiger partial charge in [-0.25, -0.2) is 0 Å². The van der Waals surface area contributed by atoms with Gasteiger partial charge < -0.3 is 15.4 Å². The largest absolute Gasteiger partial charge is 0.493 e. The molecule has 0 fully saturated rings. The van der Waals surface area contributed by atoms with Crippen molar-refractivity contribution in [2.45, 2.75) is 26.2 Å². The van der Waals surface area contributed by atoms with E-state index in [4.69, 9.17) is 4.74 Å². The Hall–Kier alpha value is -2.20. The average molecular weight is 347 g/mol. The molecule has 0 radical (unpaired) electrons. The van der Waals surface area contributed by atoms with Crippen LogP contribution in [0.2, 0.25) is 0 Å². The smallest absolute Gasteiger partial charge is 0.227 e. The molecule has 1 aliphatic heterocycles. The standard InChI is InChI=1S/C19H22N2O2.ClH/c1-14-4-2-6-17(12-14)23-11-9-19(22)21-16-7-8-18-15(13-16)5-3-10-20-18;/h2,4,6-8,12-13,20H,3,5,9-11H2,1H3,(H,21,22);1H. The highest BCUT2D eigenvalue weighted by molar-refractivity contribution is 5.91. The molecule has 0 unspecified atom stereocenters. The van der Waals surface area contributed by atoms with Gasteiger partial charge in [0.15, 0.2) is 0 Å². The van der Waals surface area contributed by atoms with Crippen molar-refractivity contribution in [3.63, 3.8) is 0 Å². The fourth-order valence-corrected chi connectivity index (χ4v) is 2.74. The van der Waals surface area contributed by atoms with E-state index >= 15 is 0 Å². The molecule has 0 atom stereocenters.